The van der Waals surface area contributed by atoms with E-state index in [-0.39, 0.29) is 28.9 Å². The maximum Gasteiger partial charge on any atom is 0.432 e. The molecule has 0 saturated heterocycles. The molecule has 2 N–H and O–H groups in total. The van der Waals surface area contributed by atoms with Crippen molar-refractivity contribution in [2.45, 2.75) is 12.7 Å². The second-order valence-corrected chi connectivity index (χ2v) is 7.72. The van der Waals surface area contributed by atoms with E-state index in [1.54, 1.807) is 42.5 Å². The van der Waals surface area contributed by atoms with Crippen LogP contribution in [0.2, 0.25) is 5.02 Å². The molecule has 0 aliphatic heterocycles. The van der Waals surface area contributed by atoms with Crippen molar-refractivity contribution in [3.8, 4) is 5.75 Å². The molecule has 0 aliphatic carbocycles. The van der Waals surface area contributed by atoms with Gasteiger partial charge in [-0.3, -0.25) is 9.59 Å². The van der Waals surface area contributed by atoms with Crippen LogP contribution in [0.15, 0.2) is 72.8 Å². The standard InChI is InChI=1S/C24H16ClF3N2O3/c25-15-8-6-14(7-9-15)13-30-19-11-10-17(31)12-18(19)20(22(30)24(26,27)28)21(32)23(33)29-16-4-2-1-3-5-16/h1-12,31H,13H2,(H,29,33). The molecule has 4 rings (SSSR count). The van der Waals surface area contributed by atoms with Crippen LogP contribution in [0, 0.1) is 0 Å². The Labute approximate surface area is 191 Å². The molecule has 1 amide bonds. The number of benzene rings is 3. The molecular weight excluding hydrogens is 457 g/mol. The number of ketones is 1. The van der Waals surface area contributed by atoms with Crippen LogP contribution < -0.4 is 5.32 Å². The topological polar surface area (TPSA) is 71.3 Å². The molecule has 5 nitrogen and oxygen atoms in total. The van der Waals surface area contributed by atoms with Gasteiger partial charge in [0.05, 0.1) is 5.56 Å². The minimum Gasteiger partial charge on any atom is -0.508 e. The molecule has 9 heteroatoms. The molecule has 1 heterocycles. The zero-order valence-corrected chi connectivity index (χ0v) is 17.6. The van der Waals surface area contributed by atoms with Crippen LogP contribution >= 0.6 is 11.6 Å². The van der Waals surface area contributed by atoms with Crippen LogP contribution in [0.5, 0.6) is 5.75 Å². The summed E-state index contributed by atoms with van der Waals surface area (Å²) in [5.74, 6) is -2.92. The van der Waals surface area contributed by atoms with Gasteiger partial charge in [-0.15, -0.1) is 0 Å². The van der Waals surface area contributed by atoms with E-state index in [2.05, 4.69) is 5.32 Å². The number of anilines is 1. The molecule has 33 heavy (non-hydrogen) atoms. The molecule has 1 aromatic heterocycles. The summed E-state index contributed by atoms with van der Waals surface area (Å²) in [6.45, 7) is -0.235. The lowest BCUT2D eigenvalue weighted by molar-refractivity contribution is -0.143. The van der Waals surface area contributed by atoms with Crippen LogP contribution in [0.1, 0.15) is 21.6 Å². The second-order valence-electron chi connectivity index (χ2n) is 7.28. The van der Waals surface area contributed by atoms with Gasteiger partial charge in [0.15, 0.2) is 0 Å². The maximum atomic E-state index is 14.3. The average Bonchev–Trinajstić information content (AvgIpc) is 3.09. The largest absolute Gasteiger partial charge is 0.508 e. The van der Waals surface area contributed by atoms with Gasteiger partial charge in [0.2, 0.25) is 0 Å². The molecule has 0 radical (unpaired) electrons. The summed E-state index contributed by atoms with van der Waals surface area (Å²) in [6, 6.07) is 17.7. The van der Waals surface area contributed by atoms with Crippen molar-refractivity contribution < 1.29 is 27.9 Å². The minimum absolute atomic E-state index is 0.0472. The van der Waals surface area contributed by atoms with Crippen LogP contribution in [0.3, 0.4) is 0 Å². The number of aromatic nitrogens is 1. The summed E-state index contributed by atoms with van der Waals surface area (Å²) < 4.78 is 43.7. The minimum atomic E-state index is -4.96. The lowest BCUT2D eigenvalue weighted by Gasteiger charge is -2.15. The number of rotatable bonds is 5. The van der Waals surface area contributed by atoms with E-state index >= 15 is 0 Å². The van der Waals surface area contributed by atoms with Gasteiger partial charge in [-0.25, -0.2) is 0 Å². The van der Waals surface area contributed by atoms with Crippen molar-refractivity contribution in [3.05, 3.63) is 94.6 Å². The predicted octanol–water partition coefficient (Wildman–Crippen LogP) is 5.89. The second kappa shape index (κ2) is 8.63. The number of hydrogen-bond acceptors (Lipinski definition) is 3. The van der Waals surface area contributed by atoms with Crippen LogP contribution in [0.25, 0.3) is 10.9 Å². The van der Waals surface area contributed by atoms with Crippen molar-refractivity contribution in [3.63, 3.8) is 0 Å². The van der Waals surface area contributed by atoms with Gasteiger partial charge < -0.3 is 15.0 Å². The van der Waals surface area contributed by atoms with Crippen molar-refractivity contribution >= 4 is 39.9 Å². The van der Waals surface area contributed by atoms with E-state index in [9.17, 15) is 27.9 Å². The molecule has 0 bridgehead atoms. The summed E-state index contributed by atoms with van der Waals surface area (Å²) >= 11 is 5.87. The zero-order chi connectivity index (χ0) is 23.8. The quantitative estimate of drug-likeness (QED) is 0.281. The summed E-state index contributed by atoms with van der Waals surface area (Å²) in [4.78, 5) is 25.6. The number of hydrogen-bond donors (Lipinski definition) is 2. The first-order chi connectivity index (χ1) is 15.6. The molecule has 168 valence electrons. The maximum absolute atomic E-state index is 14.3. The third kappa shape index (κ3) is 4.56. The molecule has 3 aromatic carbocycles. The lowest BCUT2D eigenvalue weighted by atomic mass is 10.0. The molecule has 0 fully saturated rings. The lowest BCUT2D eigenvalue weighted by Crippen LogP contribution is -2.26. The Bertz CT molecular complexity index is 1350. The van der Waals surface area contributed by atoms with E-state index in [1.807, 2.05) is 0 Å². The number of Topliss-reactive ketones (excluding diaryl/α,β-unsaturated/α-hetero) is 1. The first-order valence-corrected chi connectivity index (χ1v) is 10.1. The van der Waals surface area contributed by atoms with Crippen LogP contribution in [0.4, 0.5) is 18.9 Å². The van der Waals surface area contributed by atoms with Gasteiger partial charge in [0.1, 0.15) is 11.4 Å². The van der Waals surface area contributed by atoms with Crippen molar-refractivity contribution in [2.24, 2.45) is 0 Å². The molecular formula is C24H16ClF3N2O3. The Morgan fingerprint density at radius 2 is 1.64 bits per heavy atom. The predicted molar refractivity (Wildman–Crippen MR) is 119 cm³/mol. The van der Waals surface area contributed by atoms with Gasteiger partial charge in [-0.05, 0) is 48.0 Å². The monoisotopic (exact) mass is 472 g/mol. The Balaban J connectivity index is 1.89. The number of fused-ring (bicyclic) bond motifs is 1. The van der Waals surface area contributed by atoms with Crippen LogP contribution in [-0.4, -0.2) is 21.4 Å². The molecule has 0 spiro atoms. The van der Waals surface area contributed by atoms with Crippen molar-refractivity contribution in [1.29, 1.82) is 0 Å². The number of nitrogens with zero attached hydrogens (tertiary/aromatic N) is 1. The third-order valence-corrected chi connectivity index (χ3v) is 5.29. The highest BCUT2D eigenvalue weighted by molar-refractivity contribution is 6.48. The Hall–Kier alpha value is -3.78. The zero-order valence-electron chi connectivity index (χ0n) is 16.9. The molecule has 4 aromatic rings. The highest BCUT2D eigenvalue weighted by Crippen LogP contribution is 2.40. The molecule has 0 saturated carbocycles. The van der Waals surface area contributed by atoms with E-state index in [0.717, 1.165) is 10.6 Å². The van der Waals surface area contributed by atoms with Crippen LogP contribution in [-0.2, 0) is 17.5 Å². The first kappa shape index (κ1) is 22.4. The highest BCUT2D eigenvalue weighted by atomic mass is 35.5. The average molecular weight is 473 g/mol. The normalized spacial score (nSPS) is 11.5. The number of halogens is 4. The number of para-hydroxylation sites is 1. The van der Waals surface area contributed by atoms with Crippen molar-refractivity contribution in [1.82, 2.24) is 4.57 Å². The molecule has 0 unspecified atom stereocenters. The number of carbonyl (C=O) groups is 2. The first-order valence-electron chi connectivity index (χ1n) is 9.72. The Morgan fingerprint density at radius 1 is 0.970 bits per heavy atom. The third-order valence-electron chi connectivity index (χ3n) is 5.03. The van der Waals surface area contributed by atoms with E-state index in [4.69, 9.17) is 11.6 Å². The van der Waals surface area contributed by atoms with Crippen molar-refractivity contribution in [2.75, 3.05) is 5.32 Å². The fraction of sp³-hybridized carbons (Fsp3) is 0.0833. The molecule has 0 atom stereocenters. The SMILES string of the molecule is O=C(Nc1ccccc1)C(=O)c1c(C(F)(F)F)n(Cc2ccc(Cl)cc2)c2ccc(O)cc12. The Kier molecular flexibility index (Phi) is 5.86. The number of phenols is 1. The van der Waals surface area contributed by atoms with Gasteiger partial charge in [0.25, 0.3) is 11.7 Å². The summed E-state index contributed by atoms with van der Waals surface area (Å²) in [6.07, 6.45) is -4.96. The fourth-order valence-electron chi connectivity index (χ4n) is 3.63. The number of carbonyl (C=O) groups excluding carboxylic acids is 2. The van der Waals surface area contributed by atoms with Gasteiger partial charge >= 0.3 is 6.18 Å². The van der Waals surface area contributed by atoms with Gasteiger partial charge in [-0.1, -0.05) is 41.9 Å². The van der Waals surface area contributed by atoms with E-state index < -0.39 is 29.1 Å². The number of alkyl halides is 3. The summed E-state index contributed by atoms with van der Waals surface area (Å²) in [5, 5.41) is 12.5. The van der Waals surface area contributed by atoms with Gasteiger partial charge in [0, 0.05) is 28.2 Å². The number of aromatic hydroxyl groups is 1. The number of nitrogens with one attached hydrogen (secondary N) is 1. The molecule has 0 aliphatic rings. The Morgan fingerprint density at radius 3 is 2.27 bits per heavy atom. The van der Waals surface area contributed by atoms with Gasteiger partial charge in [-0.2, -0.15) is 13.2 Å². The highest BCUT2D eigenvalue weighted by Gasteiger charge is 2.42. The number of amides is 1. The summed E-state index contributed by atoms with van der Waals surface area (Å²) in [5.41, 5.74) is -1.28. The summed E-state index contributed by atoms with van der Waals surface area (Å²) in [7, 11) is 0. The number of phenolic OH excluding ortho intramolecular Hbond substituents is 1. The van der Waals surface area contributed by atoms with E-state index in [0.29, 0.717) is 10.6 Å². The fourth-order valence-corrected chi connectivity index (χ4v) is 3.75. The van der Waals surface area contributed by atoms with E-state index in [1.165, 1.54) is 24.3 Å². The smallest absolute Gasteiger partial charge is 0.432 e.